The molecular formula is C32H56O16. The van der Waals surface area contributed by atoms with Crippen molar-refractivity contribution in [2.45, 2.75) is 157 Å². The Balaban J connectivity index is 1.08. The van der Waals surface area contributed by atoms with Crippen molar-refractivity contribution >= 4 is 0 Å². The lowest BCUT2D eigenvalue weighted by molar-refractivity contribution is -0.323. The molecule has 0 amide bonds. The molecule has 0 bridgehead atoms. The van der Waals surface area contributed by atoms with Gasteiger partial charge < -0.3 is 77.6 Å². The molecule has 0 aromatic heterocycles. The summed E-state index contributed by atoms with van der Waals surface area (Å²) in [6.07, 6.45) is -1.93. The van der Waals surface area contributed by atoms with Crippen LogP contribution in [0, 0.1) is 0 Å². The van der Waals surface area contributed by atoms with E-state index in [1.165, 1.54) is 0 Å². The Morgan fingerprint density at radius 3 is 1.29 bits per heavy atom. The van der Waals surface area contributed by atoms with E-state index in [1.54, 1.807) is 14.2 Å². The van der Waals surface area contributed by atoms with Gasteiger partial charge in [0.05, 0.1) is 75.8 Å². The van der Waals surface area contributed by atoms with E-state index < -0.39 is 68.1 Å². The third-order valence-corrected chi connectivity index (χ3v) is 9.79. The maximum atomic E-state index is 10.2. The summed E-state index contributed by atoms with van der Waals surface area (Å²) in [5.41, 5.74) is 0. The van der Waals surface area contributed by atoms with Gasteiger partial charge in [-0.25, -0.2) is 0 Å². The van der Waals surface area contributed by atoms with Gasteiger partial charge in [0, 0.05) is 59.2 Å². The molecule has 16 heteroatoms. The number of methoxy groups -OCH3 is 2. The highest BCUT2D eigenvalue weighted by atomic mass is 16.7. The van der Waals surface area contributed by atoms with Gasteiger partial charge in [-0.15, -0.1) is 0 Å². The Kier molecular flexibility index (Phi) is 15.5. The van der Waals surface area contributed by atoms with E-state index in [4.69, 9.17) is 52.1 Å². The lowest BCUT2D eigenvalue weighted by Gasteiger charge is -2.43. The topological polar surface area (TPSA) is 203 Å². The first-order chi connectivity index (χ1) is 23.4. The summed E-state index contributed by atoms with van der Waals surface area (Å²) in [6.45, 7) is -1.08. The second-order valence-corrected chi connectivity index (χ2v) is 13.2. The second kappa shape index (κ2) is 19.3. The highest BCUT2D eigenvalue weighted by molar-refractivity contribution is 4.84. The maximum Gasteiger partial charge on any atom is 0.161 e. The van der Waals surface area contributed by atoms with Gasteiger partial charge in [-0.1, -0.05) is 0 Å². The number of hydrogen-bond donors (Lipinski definition) is 5. The fourth-order valence-corrected chi connectivity index (χ4v) is 7.25. The standard InChI is InChI=1S/C32H56O16/c1-38-22-3-6-28(46-25(22)15-35)41-19-10-21(14-34)43-32(12-19)45-24-5-8-30(48-27(24)17-37)44-23-4-7-29(47-26(23)16-36)40-18-9-20(13-33)42-31(11-18)39-2/h18-37H,3-17H2,1-2H3. The molecule has 5 aliphatic heterocycles. The Morgan fingerprint density at radius 2 is 0.833 bits per heavy atom. The van der Waals surface area contributed by atoms with Crippen molar-refractivity contribution in [3.05, 3.63) is 0 Å². The van der Waals surface area contributed by atoms with Crippen LogP contribution in [0.5, 0.6) is 0 Å². The molecule has 0 saturated carbocycles. The van der Waals surface area contributed by atoms with Gasteiger partial charge in [0.2, 0.25) is 0 Å². The summed E-state index contributed by atoms with van der Waals surface area (Å²) in [4.78, 5) is 0. The monoisotopic (exact) mass is 696 g/mol. The maximum absolute atomic E-state index is 10.2. The van der Waals surface area contributed by atoms with Gasteiger partial charge in [0.25, 0.3) is 0 Å². The average molecular weight is 697 g/mol. The molecular weight excluding hydrogens is 640 g/mol. The molecule has 16 nitrogen and oxygen atoms in total. The van der Waals surface area contributed by atoms with Crippen LogP contribution in [0.3, 0.4) is 0 Å². The zero-order chi connectivity index (χ0) is 34.0. The molecule has 0 aliphatic carbocycles. The summed E-state index contributed by atoms with van der Waals surface area (Å²) >= 11 is 0. The smallest absolute Gasteiger partial charge is 0.161 e. The van der Waals surface area contributed by atoms with Crippen molar-refractivity contribution in [2.24, 2.45) is 0 Å². The molecule has 5 N–H and O–H groups in total. The number of aliphatic hydroxyl groups is 5. The first-order valence-corrected chi connectivity index (χ1v) is 17.4. The molecule has 5 fully saturated rings. The summed E-state index contributed by atoms with van der Waals surface area (Å²) in [5.74, 6) is 0. The van der Waals surface area contributed by atoms with Crippen LogP contribution in [0.4, 0.5) is 0 Å². The minimum atomic E-state index is -0.699. The van der Waals surface area contributed by atoms with E-state index in [1.807, 2.05) is 0 Å². The number of ether oxygens (including phenoxy) is 11. The van der Waals surface area contributed by atoms with Crippen molar-refractivity contribution in [3.63, 3.8) is 0 Å². The molecule has 280 valence electrons. The van der Waals surface area contributed by atoms with Gasteiger partial charge in [-0.05, 0) is 19.3 Å². The van der Waals surface area contributed by atoms with Crippen LogP contribution in [0.2, 0.25) is 0 Å². The second-order valence-electron chi connectivity index (χ2n) is 13.2. The van der Waals surface area contributed by atoms with Crippen LogP contribution in [0.15, 0.2) is 0 Å². The Labute approximate surface area is 281 Å². The van der Waals surface area contributed by atoms with Gasteiger partial charge >= 0.3 is 0 Å². The van der Waals surface area contributed by atoms with Crippen molar-refractivity contribution in [3.8, 4) is 0 Å². The fourth-order valence-electron chi connectivity index (χ4n) is 7.25. The van der Waals surface area contributed by atoms with Crippen LogP contribution in [0.1, 0.15) is 64.2 Å². The fraction of sp³-hybridized carbons (Fsp3) is 1.00. The molecule has 5 heterocycles. The van der Waals surface area contributed by atoms with E-state index in [0.29, 0.717) is 64.2 Å². The highest BCUT2D eigenvalue weighted by Gasteiger charge is 2.42. The predicted molar refractivity (Wildman–Crippen MR) is 162 cm³/mol. The lowest BCUT2D eigenvalue weighted by Crippen LogP contribution is -2.51. The molecule has 5 aliphatic rings. The van der Waals surface area contributed by atoms with Crippen molar-refractivity contribution < 1.29 is 77.6 Å². The number of rotatable bonds is 15. The van der Waals surface area contributed by atoms with E-state index in [9.17, 15) is 25.5 Å². The quantitative estimate of drug-likeness (QED) is 0.149. The van der Waals surface area contributed by atoms with Gasteiger partial charge in [0.1, 0.15) is 18.3 Å². The van der Waals surface area contributed by atoms with Crippen molar-refractivity contribution in [1.29, 1.82) is 0 Å². The largest absolute Gasteiger partial charge is 0.394 e. The molecule has 5 saturated heterocycles. The van der Waals surface area contributed by atoms with Crippen LogP contribution in [0.25, 0.3) is 0 Å². The summed E-state index contributed by atoms with van der Waals surface area (Å²) in [7, 11) is 3.14. The van der Waals surface area contributed by atoms with E-state index in [0.717, 1.165) is 0 Å². The first-order valence-electron chi connectivity index (χ1n) is 17.4. The zero-order valence-corrected chi connectivity index (χ0v) is 28.0. The molecule has 0 spiro atoms. The van der Waals surface area contributed by atoms with Crippen LogP contribution < -0.4 is 0 Å². The van der Waals surface area contributed by atoms with E-state index in [-0.39, 0.29) is 57.5 Å². The van der Waals surface area contributed by atoms with E-state index in [2.05, 4.69) is 0 Å². The first kappa shape index (κ1) is 38.6. The highest BCUT2D eigenvalue weighted by Crippen LogP contribution is 2.34. The SMILES string of the molecule is COC1CC(OC2CCC(OC3CCC(OC4CC(OC5CCC(OC)C(CO)O5)CC(CO)O4)C(CO)O3)C(CO)O2)CC(CO)O1. The third kappa shape index (κ3) is 10.5. The summed E-state index contributed by atoms with van der Waals surface area (Å²) in [6, 6.07) is 0. The molecule has 5 rings (SSSR count). The number of aliphatic hydroxyl groups excluding tert-OH is 5. The Bertz CT molecular complexity index is 905. The summed E-state index contributed by atoms with van der Waals surface area (Å²) < 4.78 is 65.4. The lowest BCUT2D eigenvalue weighted by atomic mass is 10.0. The third-order valence-electron chi connectivity index (χ3n) is 9.79. The van der Waals surface area contributed by atoms with Gasteiger partial charge in [-0.3, -0.25) is 0 Å². The van der Waals surface area contributed by atoms with Gasteiger partial charge in [-0.2, -0.15) is 0 Å². The summed E-state index contributed by atoms with van der Waals surface area (Å²) in [5, 5.41) is 49.5. The number of hydrogen-bond acceptors (Lipinski definition) is 16. The predicted octanol–water partition coefficient (Wildman–Crippen LogP) is -0.324. The molecule has 0 radical (unpaired) electrons. The van der Waals surface area contributed by atoms with Crippen LogP contribution in [-0.2, 0) is 52.1 Å². The van der Waals surface area contributed by atoms with Crippen molar-refractivity contribution in [2.75, 3.05) is 47.3 Å². The molecule has 48 heavy (non-hydrogen) atoms. The Morgan fingerprint density at radius 1 is 0.417 bits per heavy atom. The van der Waals surface area contributed by atoms with E-state index >= 15 is 0 Å². The molecule has 15 atom stereocenters. The molecule has 15 unspecified atom stereocenters. The van der Waals surface area contributed by atoms with Crippen LogP contribution >= 0.6 is 0 Å². The van der Waals surface area contributed by atoms with Gasteiger partial charge in [0.15, 0.2) is 31.5 Å². The minimum absolute atomic E-state index is 0.132. The molecule has 0 aromatic rings. The minimum Gasteiger partial charge on any atom is -0.394 e. The van der Waals surface area contributed by atoms with Crippen LogP contribution in [-0.4, -0.2) is 165 Å². The average Bonchev–Trinajstić information content (AvgIpc) is 3.12. The van der Waals surface area contributed by atoms with Crippen molar-refractivity contribution in [1.82, 2.24) is 0 Å². The molecule has 0 aromatic carbocycles. The zero-order valence-electron chi connectivity index (χ0n) is 28.0. The normalized spacial score (nSPS) is 44.4. The Hall–Kier alpha value is -0.640.